The Morgan fingerprint density at radius 2 is 1.97 bits per heavy atom. The lowest BCUT2D eigenvalue weighted by atomic mass is 9.92. The Balaban J connectivity index is 1.42. The van der Waals surface area contributed by atoms with Crippen molar-refractivity contribution in [2.75, 3.05) is 18.5 Å². The highest BCUT2D eigenvalue weighted by molar-refractivity contribution is 5.69. The van der Waals surface area contributed by atoms with E-state index < -0.39 is 0 Å². The van der Waals surface area contributed by atoms with Crippen molar-refractivity contribution in [2.45, 2.75) is 57.9 Å². The van der Waals surface area contributed by atoms with Crippen LogP contribution in [0.4, 0.5) is 20.7 Å². The maximum Gasteiger partial charge on any atom is 0.410 e. The van der Waals surface area contributed by atoms with E-state index in [4.69, 9.17) is 14.2 Å². The van der Waals surface area contributed by atoms with Crippen molar-refractivity contribution in [1.29, 1.82) is 0 Å². The summed E-state index contributed by atoms with van der Waals surface area (Å²) >= 11 is 0. The zero-order valence-corrected chi connectivity index (χ0v) is 17.9. The summed E-state index contributed by atoms with van der Waals surface area (Å²) in [6, 6.07) is 6.38. The molecule has 0 radical (unpaired) electrons. The van der Waals surface area contributed by atoms with Gasteiger partial charge >= 0.3 is 6.09 Å². The number of hydrogen-bond acceptors (Lipinski definition) is 7. The van der Waals surface area contributed by atoms with Gasteiger partial charge < -0.3 is 19.5 Å². The van der Waals surface area contributed by atoms with Gasteiger partial charge in [0.15, 0.2) is 0 Å². The van der Waals surface area contributed by atoms with E-state index >= 15 is 0 Å². The Hall–Kier alpha value is -2.94. The Kier molecular flexibility index (Phi) is 6.22. The third kappa shape index (κ3) is 5.04. The molecule has 2 atom stereocenters. The van der Waals surface area contributed by atoms with E-state index in [1.54, 1.807) is 17.0 Å². The number of halogens is 1. The number of piperidine rings is 1. The smallest absolute Gasteiger partial charge is 0.410 e. The van der Waals surface area contributed by atoms with Crippen LogP contribution in [0.1, 0.15) is 32.3 Å². The first-order valence-corrected chi connectivity index (χ1v) is 10.5. The van der Waals surface area contributed by atoms with Crippen LogP contribution in [0.3, 0.4) is 0 Å². The Bertz CT molecular complexity index is 927. The minimum Gasteiger partial charge on any atom is -0.474 e. The van der Waals surface area contributed by atoms with Crippen molar-refractivity contribution < 1.29 is 23.4 Å². The van der Waals surface area contributed by atoms with Gasteiger partial charge in [0.25, 0.3) is 0 Å². The fraction of sp³-hybridized carbons (Fsp3) is 0.500. The quantitative estimate of drug-likeness (QED) is 0.772. The van der Waals surface area contributed by atoms with Crippen LogP contribution in [0.2, 0.25) is 0 Å². The summed E-state index contributed by atoms with van der Waals surface area (Å²) in [6.45, 7) is 6.41. The van der Waals surface area contributed by atoms with Gasteiger partial charge in [-0.3, -0.25) is 4.90 Å². The first-order valence-electron chi connectivity index (χ1n) is 10.5. The third-order valence-corrected chi connectivity index (χ3v) is 5.34. The van der Waals surface area contributed by atoms with Crippen molar-refractivity contribution >= 4 is 17.6 Å². The first kappa shape index (κ1) is 21.3. The second-order valence-electron chi connectivity index (χ2n) is 8.25. The molecular weight excluding hydrogens is 403 g/mol. The molecule has 2 fully saturated rings. The van der Waals surface area contributed by atoms with Gasteiger partial charge in [0, 0.05) is 18.9 Å². The van der Waals surface area contributed by atoms with Crippen LogP contribution in [0.25, 0.3) is 0 Å². The topological polar surface area (TPSA) is 85.8 Å². The summed E-state index contributed by atoms with van der Waals surface area (Å²) in [6.07, 6.45) is 2.00. The molecule has 2 bridgehead atoms. The van der Waals surface area contributed by atoms with Gasteiger partial charge in [-0.25, -0.2) is 19.2 Å². The summed E-state index contributed by atoms with van der Waals surface area (Å²) < 4.78 is 31.3. The number of aromatic nitrogens is 2. The number of amides is 1. The molecule has 1 amide bonds. The first-order chi connectivity index (χ1) is 14.9. The number of anilines is 2. The van der Waals surface area contributed by atoms with Gasteiger partial charge in [0.05, 0.1) is 37.1 Å². The Morgan fingerprint density at radius 3 is 2.65 bits per heavy atom. The highest BCUT2D eigenvalue weighted by atomic mass is 19.1. The summed E-state index contributed by atoms with van der Waals surface area (Å²) in [5, 5.41) is 2.96. The molecule has 1 N–H and O–H groups in total. The number of rotatable bonds is 5. The molecule has 2 aliphatic heterocycles. The monoisotopic (exact) mass is 430 g/mol. The van der Waals surface area contributed by atoms with Gasteiger partial charge in [0.1, 0.15) is 24.1 Å². The van der Waals surface area contributed by atoms with Gasteiger partial charge in [-0.05, 0) is 38.5 Å². The van der Waals surface area contributed by atoms with E-state index in [1.165, 1.54) is 12.4 Å². The molecule has 0 aliphatic carbocycles. The molecule has 166 valence electrons. The summed E-state index contributed by atoms with van der Waals surface area (Å²) in [7, 11) is 0. The van der Waals surface area contributed by atoms with E-state index in [-0.39, 0.29) is 36.2 Å². The summed E-state index contributed by atoms with van der Waals surface area (Å²) in [4.78, 5) is 22.6. The van der Waals surface area contributed by atoms with E-state index in [0.717, 1.165) is 5.56 Å². The number of morpholine rings is 1. The van der Waals surface area contributed by atoms with Crippen molar-refractivity contribution in [3.05, 3.63) is 42.0 Å². The molecule has 0 saturated carbocycles. The lowest BCUT2D eigenvalue weighted by Gasteiger charge is -2.47. The zero-order valence-electron chi connectivity index (χ0n) is 17.9. The molecule has 0 spiro atoms. The predicted octanol–water partition coefficient (Wildman–Crippen LogP) is 3.82. The number of fused-ring (bicyclic) bond motifs is 2. The second-order valence-corrected chi connectivity index (χ2v) is 8.25. The van der Waals surface area contributed by atoms with Crippen LogP contribution in [0, 0.1) is 12.7 Å². The molecule has 1 aromatic heterocycles. The van der Waals surface area contributed by atoms with Crippen molar-refractivity contribution in [1.82, 2.24) is 14.9 Å². The summed E-state index contributed by atoms with van der Waals surface area (Å²) in [5.41, 5.74) is 1.17. The molecule has 4 rings (SSSR count). The van der Waals surface area contributed by atoms with Crippen LogP contribution in [-0.2, 0) is 9.47 Å². The average molecular weight is 430 g/mol. The summed E-state index contributed by atoms with van der Waals surface area (Å²) in [5.74, 6) is 0.482. The van der Waals surface area contributed by atoms with E-state index in [1.807, 2.05) is 26.8 Å². The molecule has 9 heteroatoms. The zero-order chi connectivity index (χ0) is 22.0. The molecule has 2 aromatic rings. The lowest BCUT2D eigenvalue weighted by Crippen LogP contribution is -2.61. The van der Waals surface area contributed by atoms with Gasteiger partial charge in [-0.1, -0.05) is 6.07 Å². The number of ether oxygens (including phenoxy) is 3. The number of hydrogen-bond donors (Lipinski definition) is 1. The maximum atomic E-state index is 14.1. The van der Waals surface area contributed by atoms with Crippen molar-refractivity contribution in [3.8, 4) is 5.88 Å². The van der Waals surface area contributed by atoms with Crippen LogP contribution < -0.4 is 10.1 Å². The van der Waals surface area contributed by atoms with Crippen molar-refractivity contribution in [3.63, 3.8) is 0 Å². The number of nitrogens with one attached hydrogen (secondary N) is 1. The van der Waals surface area contributed by atoms with Crippen molar-refractivity contribution in [2.24, 2.45) is 0 Å². The lowest BCUT2D eigenvalue weighted by molar-refractivity contribution is -0.0933. The Morgan fingerprint density at radius 1 is 1.23 bits per heavy atom. The van der Waals surface area contributed by atoms with Gasteiger partial charge in [-0.15, -0.1) is 0 Å². The normalized spacial score (nSPS) is 22.9. The SMILES string of the molecule is Cc1ccc(Nc2cc(OC3CC4COCC(C3)N4C(=O)OC(C)C)ncn2)c(F)c1. The second kappa shape index (κ2) is 9.05. The third-order valence-electron chi connectivity index (χ3n) is 5.34. The number of aryl methyl sites for hydroxylation is 1. The fourth-order valence-electron chi connectivity index (χ4n) is 4.02. The molecule has 1 aromatic carbocycles. The van der Waals surface area contributed by atoms with Crippen LogP contribution in [0.5, 0.6) is 5.88 Å². The van der Waals surface area contributed by atoms with E-state index in [0.29, 0.717) is 43.4 Å². The molecule has 2 unspecified atom stereocenters. The van der Waals surface area contributed by atoms with Crippen LogP contribution >= 0.6 is 0 Å². The van der Waals surface area contributed by atoms with Gasteiger partial charge in [-0.2, -0.15) is 0 Å². The number of carbonyl (C=O) groups is 1. The number of nitrogens with zero attached hydrogens (tertiary/aromatic N) is 3. The number of carbonyl (C=O) groups excluding carboxylic acids is 1. The molecule has 31 heavy (non-hydrogen) atoms. The molecule has 2 aliphatic rings. The largest absolute Gasteiger partial charge is 0.474 e. The highest BCUT2D eigenvalue weighted by Crippen LogP contribution is 2.31. The highest BCUT2D eigenvalue weighted by Gasteiger charge is 2.43. The number of benzene rings is 1. The van der Waals surface area contributed by atoms with Crippen LogP contribution in [0.15, 0.2) is 30.6 Å². The molecule has 2 saturated heterocycles. The van der Waals surface area contributed by atoms with Crippen LogP contribution in [-0.4, -0.2) is 58.5 Å². The maximum absolute atomic E-state index is 14.1. The predicted molar refractivity (Wildman–Crippen MR) is 112 cm³/mol. The standard InChI is InChI=1S/C22H27FN4O4/c1-13(2)30-22(28)27-15-7-17(8-16(27)11-29-10-15)31-21-9-20(24-12-25-21)26-19-5-4-14(3)6-18(19)23/h4-6,9,12-13,15-17H,7-8,10-11H2,1-3H3,(H,24,25,26). The molecular formula is C22H27FN4O4. The fourth-order valence-corrected chi connectivity index (χ4v) is 4.02. The Labute approximate surface area is 180 Å². The van der Waals surface area contributed by atoms with Gasteiger partial charge in [0.2, 0.25) is 5.88 Å². The molecule has 8 nitrogen and oxygen atoms in total. The van der Waals surface area contributed by atoms with E-state index in [2.05, 4.69) is 15.3 Å². The minimum atomic E-state index is -0.352. The van der Waals surface area contributed by atoms with E-state index in [9.17, 15) is 9.18 Å². The minimum absolute atomic E-state index is 0.107. The molecule has 3 heterocycles. The average Bonchev–Trinajstić information content (AvgIpc) is 2.69.